The second kappa shape index (κ2) is 9.29. The first-order chi connectivity index (χ1) is 15.4. The predicted molar refractivity (Wildman–Crippen MR) is 131 cm³/mol. The van der Waals surface area contributed by atoms with Crippen molar-refractivity contribution in [2.75, 3.05) is 11.9 Å². The van der Waals surface area contributed by atoms with Crippen LogP contribution in [0, 0.1) is 5.92 Å². The van der Waals surface area contributed by atoms with Gasteiger partial charge in [-0.2, -0.15) is 0 Å². The lowest BCUT2D eigenvalue weighted by Gasteiger charge is -2.42. The first-order valence-electron chi connectivity index (χ1n) is 11.2. The van der Waals surface area contributed by atoms with E-state index in [9.17, 15) is 9.59 Å². The molecule has 0 saturated carbocycles. The molecule has 0 bridgehead atoms. The lowest BCUT2D eigenvalue weighted by Crippen LogP contribution is -2.47. The smallest absolute Gasteiger partial charge is 0.254 e. The number of nitrogens with zero attached hydrogens (tertiary/aromatic N) is 1. The highest BCUT2D eigenvalue weighted by Crippen LogP contribution is 2.45. The standard InChI is InChI=1S/C27H30N2O2S/c1-17(2)16-29-25(23-10-7-15-32-23)24(21-8-5-6-9-22(21)27(29)31)26(30)28-20-13-11-19(12-14-20)18(3)4/h5-15,17-18,24-25H,16H2,1-4H3,(H,28,30)/t24-,25-/m0/s1. The van der Waals surface area contributed by atoms with Crippen molar-refractivity contribution in [2.45, 2.75) is 45.6 Å². The number of hydrogen-bond acceptors (Lipinski definition) is 3. The molecule has 2 atom stereocenters. The number of nitrogens with one attached hydrogen (secondary N) is 1. The molecule has 3 aromatic rings. The fraction of sp³-hybridized carbons (Fsp3) is 0.333. The van der Waals surface area contributed by atoms with Gasteiger partial charge in [-0.1, -0.05) is 64.1 Å². The number of thiophene rings is 1. The summed E-state index contributed by atoms with van der Waals surface area (Å²) in [5.74, 6) is 0.154. The first-order valence-corrected chi connectivity index (χ1v) is 12.1. The zero-order chi connectivity index (χ0) is 22.8. The van der Waals surface area contributed by atoms with Crippen molar-refractivity contribution in [1.82, 2.24) is 4.90 Å². The van der Waals surface area contributed by atoms with Crippen molar-refractivity contribution >= 4 is 28.8 Å². The quantitative estimate of drug-likeness (QED) is 0.473. The molecular formula is C27H30N2O2S. The van der Waals surface area contributed by atoms with Crippen LogP contribution >= 0.6 is 11.3 Å². The van der Waals surface area contributed by atoms with Crippen molar-refractivity contribution in [3.8, 4) is 0 Å². The number of benzene rings is 2. The molecular weight excluding hydrogens is 416 g/mol. The van der Waals surface area contributed by atoms with Gasteiger partial charge < -0.3 is 10.2 Å². The highest BCUT2D eigenvalue weighted by atomic mass is 32.1. The van der Waals surface area contributed by atoms with E-state index >= 15 is 0 Å². The van der Waals surface area contributed by atoms with Crippen molar-refractivity contribution in [1.29, 1.82) is 0 Å². The van der Waals surface area contributed by atoms with Crippen LogP contribution in [0.15, 0.2) is 66.0 Å². The maximum Gasteiger partial charge on any atom is 0.254 e. The molecule has 5 heteroatoms. The average molecular weight is 447 g/mol. The van der Waals surface area contributed by atoms with Gasteiger partial charge in [0.15, 0.2) is 0 Å². The van der Waals surface area contributed by atoms with Gasteiger partial charge >= 0.3 is 0 Å². The van der Waals surface area contributed by atoms with E-state index < -0.39 is 5.92 Å². The van der Waals surface area contributed by atoms with Gasteiger partial charge in [-0.25, -0.2) is 0 Å². The van der Waals surface area contributed by atoms with E-state index in [4.69, 9.17) is 0 Å². The Labute approximate surface area is 194 Å². The monoisotopic (exact) mass is 446 g/mol. The highest BCUT2D eigenvalue weighted by Gasteiger charge is 2.44. The molecule has 2 amide bonds. The Morgan fingerprint density at radius 1 is 1.00 bits per heavy atom. The number of carbonyl (C=O) groups excluding carboxylic acids is 2. The molecule has 0 radical (unpaired) electrons. The lowest BCUT2D eigenvalue weighted by molar-refractivity contribution is -0.119. The minimum atomic E-state index is -0.480. The van der Waals surface area contributed by atoms with Crippen LogP contribution in [0.1, 0.15) is 71.9 Å². The SMILES string of the molecule is CC(C)CN1C(=O)c2ccccc2[C@H](C(=O)Nc2ccc(C(C)C)cc2)[C@@H]1c1cccs1. The zero-order valence-electron chi connectivity index (χ0n) is 19.0. The number of hydrogen-bond donors (Lipinski definition) is 1. The third-order valence-corrected chi connectivity index (χ3v) is 6.91. The van der Waals surface area contributed by atoms with Crippen LogP contribution in [0.5, 0.6) is 0 Å². The average Bonchev–Trinajstić information content (AvgIpc) is 3.30. The lowest BCUT2D eigenvalue weighted by atomic mass is 9.81. The molecule has 1 aliphatic rings. The minimum absolute atomic E-state index is 0.00182. The van der Waals surface area contributed by atoms with Gasteiger partial charge in [-0.15, -0.1) is 11.3 Å². The van der Waals surface area contributed by atoms with Crippen LogP contribution in [0.25, 0.3) is 0 Å². The maximum absolute atomic E-state index is 13.7. The predicted octanol–water partition coefficient (Wildman–Crippen LogP) is 6.45. The summed E-state index contributed by atoms with van der Waals surface area (Å²) >= 11 is 1.60. The molecule has 32 heavy (non-hydrogen) atoms. The van der Waals surface area contributed by atoms with E-state index in [-0.39, 0.29) is 17.9 Å². The molecule has 0 unspecified atom stereocenters. The van der Waals surface area contributed by atoms with E-state index in [1.165, 1.54) is 5.56 Å². The summed E-state index contributed by atoms with van der Waals surface area (Å²) in [6.45, 7) is 9.11. The molecule has 0 fully saturated rings. The summed E-state index contributed by atoms with van der Waals surface area (Å²) < 4.78 is 0. The molecule has 4 rings (SSSR count). The molecule has 0 spiro atoms. The molecule has 0 saturated heterocycles. The summed E-state index contributed by atoms with van der Waals surface area (Å²) in [6, 6.07) is 19.3. The summed E-state index contributed by atoms with van der Waals surface area (Å²) in [6.07, 6.45) is 0. The molecule has 1 aromatic heterocycles. The third kappa shape index (κ3) is 4.35. The number of carbonyl (C=O) groups is 2. The van der Waals surface area contributed by atoms with Crippen LogP contribution in [0.4, 0.5) is 5.69 Å². The Balaban J connectivity index is 1.76. The molecule has 166 valence electrons. The second-order valence-electron chi connectivity index (χ2n) is 9.14. The molecule has 0 aliphatic carbocycles. The Morgan fingerprint density at radius 2 is 1.72 bits per heavy atom. The number of rotatable bonds is 6. The van der Waals surface area contributed by atoms with E-state index in [2.05, 4.69) is 45.1 Å². The largest absolute Gasteiger partial charge is 0.329 e. The minimum Gasteiger partial charge on any atom is -0.329 e. The van der Waals surface area contributed by atoms with Gasteiger partial charge in [0.1, 0.15) is 0 Å². The van der Waals surface area contributed by atoms with Gasteiger partial charge in [0.05, 0.1) is 12.0 Å². The molecule has 2 heterocycles. The van der Waals surface area contributed by atoms with Crippen LogP contribution in [-0.2, 0) is 4.79 Å². The van der Waals surface area contributed by atoms with Crippen LogP contribution in [-0.4, -0.2) is 23.3 Å². The first kappa shape index (κ1) is 22.3. The van der Waals surface area contributed by atoms with Crippen molar-refractivity contribution in [3.63, 3.8) is 0 Å². The van der Waals surface area contributed by atoms with E-state index in [1.54, 1.807) is 11.3 Å². The van der Waals surface area contributed by atoms with Gasteiger partial charge in [0.2, 0.25) is 5.91 Å². The van der Waals surface area contributed by atoms with Gasteiger partial charge in [0, 0.05) is 22.7 Å². The van der Waals surface area contributed by atoms with Gasteiger partial charge in [0.25, 0.3) is 5.91 Å². The van der Waals surface area contributed by atoms with Crippen molar-refractivity contribution < 1.29 is 9.59 Å². The Hall–Kier alpha value is -2.92. The topological polar surface area (TPSA) is 49.4 Å². The Kier molecular flexibility index (Phi) is 6.47. The van der Waals surface area contributed by atoms with Crippen LogP contribution in [0.3, 0.4) is 0 Å². The van der Waals surface area contributed by atoms with Crippen LogP contribution in [0.2, 0.25) is 0 Å². The summed E-state index contributed by atoms with van der Waals surface area (Å²) in [4.78, 5) is 30.2. The zero-order valence-corrected chi connectivity index (χ0v) is 19.9. The molecule has 1 N–H and O–H groups in total. The van der Waals surface area contributed by atoms with Crippen molar-refractivity contribution in [3.05, 3.63) is 87.6 Å². The van der Waals surface area contributed by atoms with Gasteiger partial charge in [-0.3, -0.25) is 9.59 Å². The summed E-state index contributed by atoms with van der Waals surface area (Å²) in [5, 5.41) is 5.13. The van der Waals surface area contributed by atoms with Crippen molar-refractivity contribution in [2.24, 2.45) is 5.92 Å². The third-order valence-electron chi connectivity index (χ3n) is 5.96. The number of amides is 2. The maximum atomic E-state index is 13.7. The van der Waals surface area contributed by atoms with Crippen LogP contribution < -0.4 is 5.32 Å². The summed E-state index contributed by atoms with van der Waals surface area (Å²) in [7, 11) is 0. The molecule has 1 aliphatic heterocycles. The summed E-state index contributed by atoms with van der Waals surface area (Å²) in [5.41, 5.74) is 3.42. The highest BCUT2D eigenvalue weighted by molar-refractivity contribution is 7.10. The van der Waals surface area contributed by atoms with Gasteiger partial charge in [-0.05, 0) is 52.6 Å². The molecule has 4 nitrogen and oxygen atoms in total. The fourth-order valence-electron chi connectivity index (χ4n) is 4.42. The van der Waals surface area contributed by atoms with E-state index in [0.717, 1.165) is 16.1 Å². The second-order valence-corrected chi connectivity index (χ2v) is 10.1. The fourth-order valence-corrected chi connectivity index (χ4v) is 5.29. The Bertz CT molecular complexity index is 1090. The van der Waals surface area contributed by atoms with E-state index in [1.807, 2.05) is 58.8 Å². The Morgan fingerprint density at radius 3 is 2.34 bits per heavy atom. The normalized spacial score (nSPS) is 18.2. The molecule has 2 aromatic carbocycles. The number of fused-ring (bicyclic) bond motifs is 1. The van der Waals surface area contributed by atoms with E-state index in [0.29, 0.717) is 23.9 Å². The number of anilines is 1.